The van der Waals surface area contributed by atoms with Gasteiger partial charge in [0.25, 0.3) is 0 Å². The molecule has 0 spiro atoms. The van der Waals surface area contributed by atoms with Crippen molar-refractivity contribution in [2.24, 2.45) is 0 Å². The zero-order valence-corrected chi connectivity index (χ0v) is 7.90. The van der Waals surface area contributed by atoms with E-state index in [1.165, 1.54) is 0 Å². The average Bonchev–Trinajstić information content (AvgIpc) is 2.23. The Kier molecular flexibility index (Phi) is 2.27. The monoisotopic (exact) mass is 198 g/mol. The molecule has 0 saturated carbocycles. The summed E-state index contributed by atoms with van der Waals surface area (Å²) in [6, 6.07) is 2.85. The Morgan fingerprint density at radius 3 is 2.93 bits per heavy atom. The lowest BCUT2D eigenvalue weighted by Crippen LogP contribution is -2.33. The van der Waals surface area contributed by atoms with Crippen molar-refractivity contribution in [3.05, 3.63) is 23.8 Å². The van der Waals surface area contributed by atoms with Gasteiger partial charge < -0.3 is 10.6 Å². The van der Waals surface area contributed by atoms with Crippen LogP contribution >= 0.6 is 0 Å². The van der Waals surface area contributed by atoms with Gasteiger partial charge in [-0.1, -0.05) is 6.92 Å². The fourth-order valence-corrected chi connectivity index (χ4v) is 1.57. The van der Waals surface area contributed by atoms with Crippen LogP contribution in [0.3, 0.4) is 0 Å². The average molecular weight is 198 g/mol. The molecule has 0 amide bonds. The van der Waals surface area contributed by atoms with Crippen molar-refractivity contribution < 1.29 is 8.78 Å². The summed E-state index contributed by atoms with van der Waals surface area (Å²) in [6.07, 6.45) is 0.877. The van der Waals surface area contributed by atoms with Gasteiger partial charge in [-0.05, 0) is 18.6 Å². The van der Waals surface area contributed by atoms with E-state index < -0.39 is 11.6 Å². The number of anilines is 2. The Balaban J connectivity index is 2.38. The molecule has 0 saturated heterocycles. The van der Waals surface area contributed by atoms with Crippen LogP contribution in [0.15, 0.2) is 12.1 Å². The van der Waals surface area contributed by atoms with Gasteiger partial charge in [-0.25, -0.2) is 8.78 Å². The highest BCUT2D eigenvalue weighted by Gasteiger charge is 2.20. The van der Waals surface area contributed by atoms with Crippen molar-refractivity contribution in [1.82, 2.24) is 0 Å². The van der Waals surface area contributed by atoms with E-state index in [-0.39, 0.29) is 11.7 Å². The van der Waals surface area contributed by atoms with E-state index in [0.717, 1.165) is 19.0 Å². The molecule has 1 aromatic rings. The molecule has 2 nitrogen and oxygen atoms in total. The third-order valence-electron chi connectivity index (χ3n) is 2.48. The molecule has 0 fully saturated rings. The molecule has 1 aliphatic heterocycles. The molecule has 1 aromatic carbocycles. The maximum atomic E-state index is 13.3. The van der Waals surface area contributed by atoms with Gasteiger partial charge in [0.15, 0.2) is 11.6 Å². The second-order valence-corrected chi connectivity index (χ2v) is 3.41. The lowest BCUT2D eigenvalue weighted by atomic mass is 10.1. The van der Waals surface area contributed by atoms with Crippen LogP contribution in [0.5, 0.6) is 0 Å². The van der Waals surface area contributed by atoms with Crippen molar-refractivity contribution in [2.45, 2.75) is 19.4 Å². The number of fused-ring (bicyclic) bond motifs is 1. The summed E-state index contributed by atoms with van der Waals surface area (Å²) >= 11 is 0. The van der Waals surface area contributed by atoms with Crippen LogP contribution in [0.25, 0.3) is 0 Å². The summed E-state index contributed by atoms with van der Waals surface area (Å²) < 4.78 is 26.2. The van der Waals surface area contributed by atoms with Crippen LogP contribution in [0.4, 0.5) is 20.2 Å². The summed E-state index contributed by atoms with van der Waals surface area (Å²) in [5.41, 5.74) is 0.886. The topological polar surface area (TPSA) is 24.1 Å². The fraction of sp³-hybridized carbons (Fsp3) is 0.400. The molecule has 1 heterocycles. The minimum Gasteiger partial charge on any atom is -0.381 e. The summed E-state index contributed by atoms with van der Waals surface area (Å²) in [6.45, 7) is 2.75. The second-order valence-electron chi connectivity index (χ2n) is 3.41. The van der Waals surface area contributed by atoms with Crippen molar-refractivity contribution >= 4 is 11.4 Å². The van der Waals surface area contributed by atoms with Crippen LogP contribution in [0, 0.1) is 11.6 Å². The maximum Gasteiger partial charge on any atom is 0.183 e. The van der Waals surface area contributed by atoms with Gasteiger partial charge in [-0.15, -0.1) is 0 Å². The van der Waals surface area contributed by atoms with Gasteiger partial charge in [0.1, 0.15) is 0 Å². The molecule has 1 atom stereocenters. The molecule has 0 bridgehead atoms. The lowest BCUT2D eigenvalue weighted by Gasteiger charge is -2.27. The molecular weight excluding hydrogens is 186 g/mol. The predicted molar refractivity (Wildman–Crippen MR) is 52.5 cm³/mol. The molecule has 2 N–H and O–H groups in total. The number of nitrogens with one attached hydrogen (secondary N) is 2. The van der Waals surface area contributed by atoms with E-state index in [1.807, 2.05) is 6.92 Å². The van der Waals surface area contributed by atoms with Gasteiger partial charge in [-0.2, -0.15) is 0 Å². The standard InChI is InChI=1S/C10H12F2N2/c1-2-6-5-13-8-4-3-7(11)9(12)10(8)14-6/h3-4,6,13-14H,2,5H2,1H3. The summed E-state index contributed by atoms with van der Waals surface area (Å²) in [7, 11) is 0. The summed E-state index contributed by atoms with van der Waals surface area (Å²) in [5, 5.41) is 6.04. The molecule has 2 rings (SSSR count). The van der Waals surface area contributed by atoms with E-state index in [1.54, 1.807) is 6.07 Å². The highest BCUT2D eigenvalue weighted by atomic mass is 19.2. The van der Waals surface area contributed by atoms with Crippen LogP contribution in [0.2, 0.25) is 0 Å². The van der Waals surface area contributed by atoms with Gasteiger partial charge in [-0.3, -0.25) is 0 Å². The first-order valence-corrected chi connectivity index (χ1v) is 4.70. The Morgan fingerprint density at radius 1 is 1.43 bits per heavy atom. The van der Waals surface area contributed by atoms with Crippen LogP contribution in [-0.4, -0.2) is 12.6 Å². The summed E-state index contributed by atoms with van der Waals surface area (Å²) in [5.74, 6) is -1.61. The number of hydrogen-bond donors (Lipinski definition) is 2. The molecule has 76 valence electrons. The van der Waals surface area contributed by atoms with Gasteiger partial charge in [0.2, 0.25) is 0 Å². The predicted octanol–water partition coefficient (Wildman–Crippen LogP) is 2.58. The van der Waals surface area contributed by atoms with Crippen molar-refractivity contribution in [2.75, 3.05) is 17.2 Å². The van der Waals surface area contributed by atoms with E-state index >= 15 is 0 Å². The van der Waals surface area contributed by atoms with Crippen LogP contribution in [0.1, 0.15) is 13.3 Å². The molecule has 1 unspecified atom stereocenters. The first kappa shape index (κ1) is 9.24. The first-order chi connectivity index (χ1) is 6.72. The molecule has 1 aliphatic rings. The Hall–Kier alpha value is -1.32. The first-order valence-electron chi connectivity index (χ1n) is 4.70. The van der Waals surface area contributed by atoms with Gasteiger partial charge >= 0.3 is 0 Å². The molecule has 14 heavy (non-hydrogen) atoms. The number of halogens is 2. The zero-order chi connectivity index (χ0) is 10.1. The SMILES string of the molecule is CCC1CNc2ccc(F)c(F)c2N1. The summed E-state index contributed by atoms with van der Waals surface area (Å²) in [4.78, 5) is 0. The van der Waals surface area contributed by atoms with E-state index in [4.69, 9.17) is 0 Å². The van der Waals surface area contributed by atoms with Crippen molar-refractivity contribution in [3.63, 3.8) is 0 Å². The molecule has 4 heteroatoms. The Bertz CT molecular complexity index is 352. The normalized spacial score (nSPS) is 19.5. The number of rotatable bonds is 1. The van der Waals surface area contributed by atoms with Crippen molar-refractivity contribution in [1.29, 1.82) is 0 Å². The highest BCUT2D eigenvalue weighted by Crippen LogP contribution is 2.30. The highest BCUT2D eigenvalue weighted by molar-refractivity contribution is 5.72. The Labute approximate surface area is 81.3 Å². The van der Waals surface area contributed by atoms with Crippen LogP contribution in [-0.2, 0) is 0 Å². The molecule has 0 aliphatic carbocycles. The van der Waals surface area contributed by atoms with E-state index in [9.17, 15) is 8.78 Å². The quantitative estimate of drug-likeness (QED) is 0.724. The largest absolute Gasteiger partial charge is 0.381 e. The maximum absolute atomic E-state index is 13.3. The smallest absolute Gasteiger partial charge is 0.183 e. The second kappa shape index (κ2) is 3.44. The third kappa shape index (κ3) is 1.41. The lowest BCUT2D eigenvalue weighted by molar-refractivity contribution is 0.508. The Morgan fingerprint density at radius 2 is 2.21 bits per heavy atom. The van der Waals surface area contributed by atoms with Gasteiger partial charge in [0.05, 0.1) is 11.4 Å². The minimum atomic E-state index is -0.810. The van der Waals surface area contributed by atoms with Gasteiger partial charge in [0, 0.05) is 12.6 Å². The third-order valence-corrected chi connectivity index (χ3v) is 2.48. The van der Waals surface area contributed by atoms with Crippen LogP contribution < -0.4 is 10.6 Å². The molecule has 0 aromatic heterocycles. The molecular formula is C10H12F2N2. The van der Waals surface area contributed by atoms with Crippen molar-refractivity contribution in [3.8, 4) is 0 Å². The zero-order valence-electron chi connectivity index (χ0n) is 7.90. The minimum absolute atomic E-state index is 0.166. The number of benzene rings is 1. The number of hydrogen-bond acceptors (Lipinski definition) is 2. The molecule has 0 radical (unpaired) electrons. The van der Waals surface area contributed by atoms with E-state index in [0.29, 0.717) is 5.69 Å². The fourth-order valence-electron chi connectivity index (χ4n) is 1.57. The van der Waals surface area contributed by atoms with E-state index in [2.05, 4.69) is 10.6 Å².